The highest BCUT2D eigenvalue weighted by Crippen LogP contribution is 2.25. The fourth-order valence-electron chi connectivity index (χ4n) is 0.626. The fourth-order valence-corrected chi connectivity index (χ4v) is 1.07. The number of halogens is 1. The van der Waals surface area contributed by atoms with Crippen molar-refractivity contribution in [2.75, 3.05) is 0 Å². The van der Waals surface area contributed by atoms with Crippen LogP contribution in [-0.2, 0) is 0 Å². The fraction of sp³-hybridized carbons (Fsp3) is 0. The van der Waals surface area contributed by atoms with Gasteiger partial charge in [-0.3, -0.25) is 0 Å². The van der Waals surface area contributed by atoms with Gasteiger partial charge >= 0.3 is 0 Å². The number of rotatable bonds is 1. The lowest BCUT2D eigenvalue weighted by molar-refractivity contribution is 0.475. The summed E-state index contributed by atoms with van der Waals surface area (Å²) < 4.78 is 0.818. The Balaban J connectivity index is 3.22. The zero-order valence-electron chi connectivity index (χ0n) is 5.40. The molecule has 0 unspecified atom stereocenters. The molecule has 0 atom stereocenters. The van der Waals surface area contributed by atoms with E-state index >= 15 is 0 Å². The van der Waals surface area contributed by atoms with E-state index in [2.05, 4.69) is 10.0 Å². The zero-order valence-corrected chi connectivity index (χ0v) is 7.56. The van der Waals surface area contributed by atoms with E-state index < -0.39 is 0 Å². The molecule has 0 aromatic heterocycles. The van der Waals surface area contributed by atoms with Gasteiger partial charge < -0.3 is 5.11 Å². The van der Waals surface area contributed by atoms with Crippen LogP contribution in [0.4, 0.5) is 5.69 Å². The maximum atomic E-state index is 8.98. The number of hydrogen-bond donors (Lipinski definition) is 1. The van der Waals surface area contributed by atoms with Crippen LogP contribution in [0.5, 0.6) is 5.75 Å². The minimum absolute atomic E-state index is 0.104. The van der Waals surface area contributed by atoms with Gasteiger partial charge in [0.05, 0.1) is 5.69 Å². The molecule has 0 spiro atoms. The molecule has 1 aromatic carbocycles. The number of nitrogens with zero attached hydrogens (tertiary/aromatic N) is 3. The zero-order chi connectivity index (χ0) is 8.27. The number of benzene rings is 1. The van der Waals surface area contributed by atoms with Crippen molar-refractivity contribution in [2.45, 2.75) is 0 Å². The van der Waals surface area contributed by atoms with Gasteiger partial charge in [0.2, 0.25) is 0 Å². The number of phenolic OH excluding ortho intramolecular Hbond substituents is 1. The SMILES string of the molecule is [N-]=[N+]=Nc1cc(O)ccc1I. The highest BCUT2D eigenvalue weighted by atomic mass is 127. The van der Waals surface area contributed by atoms with Crippen molar-refractivity contribution >= 4 is 28.3 Å². The molecule has 1 rings (SSSR count). The average molecular weight is 261 g/mol. The van der Waals surface area contributed by atoms with Gasteiger partial charge in [-0.1, -0.05) is 5.11 Å². The molecule has 0 fully saturated rings. The van der Waals surface area contributed by atoms with Gasteiger partial charge in [-0.2, -0.15) is 0 Å². The first-order valence-corrected chi connectivity index (χ1v) is 3.85. The summed E-state index contributed by atoms with van der Waals surface area (Å²) in [4.78, 5) is 2.62. The van der Waals surface area contributed by atoms with E-state index in [4.69, 9.17) is 10.6 Å². The van der Waals surface area contributed by atoms with Gasteiger partial charge in [-0.15, -0.1) is 0 Å². The molecular formula is C6H4IN3O. The second-order valence-electron chi connectivity index (χ2n) is 1.83. The standard InChI is InChI=1S/C6H4IN3O/c7-5-2-1-4(11)3-6(5)9-10-8/h1-3,11H. The Hall–Kier alpha value is -0.940. The summed E-state index contributed by atoms with van der Waals surface area (Å²) >= 11 is 2.02. The first-order valence-electron chi connectivity index (χ1n) is 2.77. The Kier molecular flexibility index (Phi) is 2.56. The van der Waals surface area contributed by atoms with E-state index in [-0.39, 0.29) is 5.75 Å². The van der Waals surface area contributed by atoms with Crippen LogP contribution in [0.2, 0.25) is 0 Å². The maximum absolute atomic E-state index is 8.98. The van der Waals surface area contributed by atoms with Crippen molar-refractivity contribution in [1.82, 2.24) is 0 Å². The van der Waals surface area contributed by atoms with Crippen LogP contribution in [0, 0.1) is 3.57 Å². The molecule has 0 aliphatic heterocycles. The number of phenols is 1. The van der Waals surface area contributed by atoms with E-state index in [1.54, 1.807) is 6.07 Å². The third-order valence-corrected chi connectivity index (χ3v) is 1.99. The van der Waals surface area contributed by atoms with Crippen molar-refractivity contribution in [2.24, 2.45) is 5.11 Å². The Morgan fingerprint density at radius 3 is 2.91 bits per heavy atom. The Bertz CT molecular complexity index is 320. The van der Waals surface area contributed by atoms with E-state index in [1.807, 2.05) is 22.6 Å². The van der Waals surface area contributed by atoms with E-state index in [0.29, 0.717) is 5.69 Å². The Labute approximate surface area is 76.6 Å². The van der Waals surface area contributed by atoms with Crippen molar-refractivity contribution in [3.05, 3.63) is 32.2 Å². The lowest BCUT2D eigenvalue weighted by atomic mass is 10.3. The summed E-state index contributed by atoms with van der Waals surface area (Å²) in [7, 11) is 0. The number of hydrogen-bond acceptors (Lipinski definition) is 2. The van der Waals surface area contributed by atoms with Crippen molar-refractivity contribution in [1.29, 1.82) is 0 Å². The molecule has 0 aliphatic rings. The van der Waals surface area contributed by atoms with Crippen molar-refractivity contribution in [3.63, 3.8) is 0 Å². The van der Waals surface area contributed by atoms with Gasteiger partial charge in [0.25, 0.3) is 0 Å². The van der Waals surface area contributed by atoms with Crippen LogP contribution in [0.15, 0.2) is 23.3 Å². The monoisotopic (exact) mass is 261 g/mol. The lowest BCUT2D eigenvalue weighted by Crippen LogP contribution is -1.70. The topological polar surface area (TPSA) is 69.0 Å². The van der Waals surface area contributed by atoms with Crippen LogP contribution in [-0.4, -0.2) is 5.11 Å². The summed E-state index contributed by atoms with van der Waals surface area (Å²) in [5, 5.41) is 12.4. The van der Waals surface area contributed by atoms with Gasteiger partial charge in [0.1, 0.15) is 5.75 Å². The van der Waals surface area contributed by atoms with Gasteiger partial charge in [-0.05, 0) is 46.3 Å². The summed E-state index contributed by atoms with van der Waals surface area (Å²) in [5.74, 6) is 0.104. The highest BCUT2D eigenvalue weighted by Gasteiger charge is 1.96. The molecule has 0 heterocycles. The second-order valence-corrected chi connectivity index (χ2v) is 2.99. The second kappa shape index (κ2) is 3.45. The minimum Gasteiger partial charge on any atom is -0.508 e. The molecule has 4 nitrogen and oxygen atoms in total. The smallest absolute Gasteiger partial charge is 0.116 e. The van der Waals surface area contributed by atoms with Gasteiger partial charge in [0, 0.05) is 8.48 Å². The van der Waals surface area contributed by atoms with E-state index in [9.17, 15) is 0 Å². The Morgan fingerprint density at radius 2 is 2.27 bits per heavy atom. The molecule has 56 valence electrons. The molecule has 0 aliphatic carbocycles. The van der Waals surface area contributed by atoms with Crippen LogP contribution in [0.25, 0.3) is 10.4 Å². The first kappa shape index (κ1) is 8.16. The van der Waals surface area contributed by atoms with Gasteiger partial charge in [0.15, 0.2) is 0 Å². The third-order valence-electron chi connectivity index (χ3n) is 1.08. The van der Waals surface area contributed by atoms with E-state index in [0.717, 1.165) is 3.57 Å². The normalized spacial score (nSPS) is 8.82. The van der Waals surface area contributed by atoms with Crippen molar-refractivity contribution in [3.8, 4) is 5.75 Å². The molecule has 0 saturated heterocycles. The van der Waals surface area contributed by atoms with Crippen LogP contribution in [0.1, 0.15) is 0 Å². The molecule has 1 N–H and O–H groups in total. The molecule has 0 saturated carbocycles. The predicted molar refractivity (Wildman–Crippen MR) is 49.6 cm³/mol. The number of aromatic hydroxyl groups is 1. The minimum atomic E-state index is 0.104. The molecule has 1 aromatic rings. The third kappa shape index (κ3) is 1.99. The molecule has 0 amide bonds. The first-order chi connectivity index (χ1) is 5.24. The molecule has 0 bridgehead atoms. The molecule has 0 radical (unpaired) electrons. The van der Waals surface area contributed by atoms with Crippen molar-refractivity contribution < 1.29 is 5.11 Å². The number of azide groups is 1. The molecule has 11 heavy (non-hydrogen) atoms. The maximum Gasteiger partial charge on any atom is 0.116 e. The van der Waals surface area contributed by atoms with Crippen LogP contribution < -0.4 is 0 Å². The summed E-state index contributed by atoms with van der Waals surface area (Å²) in [6, 6.07) is 4.64. The van der Waals surface area contributed by atoms with E-state index in [1.165, 1.54) is 12.1 Å². The largest absolute Gasteiger partial charge is 0.508 e. The van der Waals surface area contributed by atoms with Crippen LogP contribution in [0.3, 0.4) is 0 Å². The van der Waals surface area contributed by atoms with Gasteiger partial charge in [-0.25, -0.2) is 0 Å². The van der Waals surface area contributed by atoms with Crippen LogP contribution >= 0.6 is 22.6 Å². The highest BCUT2D eigenvalue weighted by molar-refractivity contribution is 14.1. The summed E-state index contributed by atoms with van der Waals surface area (Å²) in [6.07, 6.45) is 0. The summed E-state index contributed by atoms with van der Waals surface area (Å²) in [6.45, 7) is 0. The lowest BCUT2D eigenvalue weighted by Gasteiger charge is -1.96. The quantitative estimate of drug-likeness (QED) is 0.359. The Morgan fingerprint density at radius 1 is 1.55 bits per heavy atom. The summed E-state index contributed by atoms with van der Waals surface area (Å²) in [5.41, 5.74) is 8.56. The molecular weight excluding hydrogens is 257 g/mol. The average Bonchev–Trinajstić information content (AvgIpc) is 1.98. The molecule has 5 heteroatoms. The predicted octanol–water partition coefficient (Wildman–Crippen LogP) is 2.94.